The summed E-state index contributed by atoms with van der Waals surface area (Å²) in [5, 5.41) is 4.37. The lowest BCUT2D eigenvalue weighted by molar-refractivity contribution is 0.332. The van der Waals surface area contributed by atoms with Crippen molar-refractivity contribution in [3.8, 4) is 17.1 Å². The van der Waals surface area contributed by atoms with Crippen LogP contribution in [0.25, 0.3) is 22.3 Å². The smallest absolute Gasteiger partial charge is 0.163 e. The Kier molecular flexibility index (Phi) is 5.43. The predicted octanol–water partition coefficient (Wildman–Crippen LogP) is 4.79. The molecule has 2 aromatic carbocycles. The first-order valence-electron chi connectivity index (χ1n) is 8.59. The van der Waals surface area contributed by atoms with Crippen LogP contribution in [0.1, 0.15) is 0 Å². The fourth-order valence-electron chi connectivity index (χ4n) is 2.70. The van der Waals surface area contributed by atoms with Crippen LogP contribution in [-0.2, 0) is 0 Å². The monoisotopic (exact) mass is 468 g/mol. The Balaban J connectivity index is 1.52. The largest absolute Gasteiger partial charge is 0.492 e. The van der Waals surface area contributed by atoms with Crippen molar-refractivity contribution in [1.29, 1.82) is 0 Å². The Morgan fingerprint density at radius 3 is 2.59 bits per heavy atom. The van der Waals surface area contributed by atoms with Crippen LogP contribution in [0.4, 0.5) is 5.82 Å². The molecule has 0 unspecified atom stereocenters. The molecule has 0 aliphatic carbocycles. The predicted molar refractivity (Wildman–Crippen MR) is 116 cm³/mol. The number of pyridine rings is 1. The van der Waals surface area contributed by atoms with Crippen molar-refractivity contribution >= 4 is 39.3 Å². The molecule has 2 heterocycles. The van der Waals surface area contributed by atoms with Gasteiger partial charge in [-0.3, -0.25) is 4.98 Å². The summed E-state index contributed by atoms with van der Waals surface area (Å²) >= 11 is 2.28. The van der Waals surface area contributed by atoms with Crippen molar-refractivity contribution in [2.45, 2.75) is 0 Å². The van der Waals surface area contributed by atoms with Crippen LogP contribution in [0, 0.1) is 3.57 Å². The van der Waals surface area contributed by atoms with E-state index in [1.807, 2.05) is 60.7 Å². The summed E-state index contributed by atoms with van der Waals surface area (Å²) in [6.45, 7) is 1.18. The molecule has 2 aromatic heterocycles. The highest BCUT2D eigenvalue weighted by Gasteiger charge is 2.09. The zero-order chi connectivity index (χ0) is 18.5. The Bertz CT molecular complexity index is 1040. The number of anilines is 1. The molecule has 0 radical (unpaired) electrons. The van der Waals surface area contributed by atoms with Gasteiger partial charge in [-0.05, 0) is 71.1 Å². The second-order valence-electron chi connectivity index (χ2n) is 5.88. The molecule has 134 valence electrons. The van der Waals surface area contributed by atoms with Crippen LogP contribution in [0.15, 0.2) is 73.1 Å². The molecule has 1 N–H and O–H groups in total. The molecule has 27 heavy (non-hydrogen) atoms. The normalized spacial score (nSPS) is 10.7. The molecule has 0 aliphatic rings. The first-order valence-corrected chi connectivity index (χ1v) is 9.67. The van der Waals surface area contributed by atoms with Gasteiger partial charge < -0.3 is 10.1 Å². The van der Waals surface area contributed by atoms with Crippen LogP contribution in [0.2, 0.25) is 0 Å². The number of hydrogen-bond acceptors (Lipinski definition) is 5. The standard InChI is InChI=1S/C21H17IN4O/c22-16-7-9-17(10-8-16)27-13-12-24-21-18-5-1-2-6-19(18)25-20(26-21)15-4-3-11-23-14-15/h1-11,14H,12-13H2,(H,24,25,26). The molecule has 0 atom stereocenters. The van der Waals surface area contributed by atoms with Crippen molar-refractivity contribution < 1.29 is 4.74 Å². The van der Waals surface area contributed by atoms with E-state index in [2.05, 4.69) is 37.9 Å². The molecule has 0 fully saturated rings. The minimum Gasteiger partial charge on any atom is -0.492 e. The van der Waals surface area contributed by atoms with Crippen molar-refractivity contribution in [1.82, 2.24) is 15.0 Å². The molecule has 0 bridgehead atoms. The van der Waals surface area contributed by atoms with Gasteiger partial charge in [-0.25, -0.2) is 9.97 Å². The minimum absolute atomic E-state index is 0.543. The molecule has 0 amide bonds. The number of nitrogens with zero attached hydrogens (tertiary/aromatic N) is 3. The molecule has 5 nitrogen and oxygen atoms in total. The summed E-state index contributed by atoms with van der Waals surface area (Å²) in [6, 6.07) is 19.8. The van der Waals surface area contributed by atoms with E-state index in [0.29, 0.717) is 19.0 Å². The number of halogens is 1. The van der Waals surface area contributed by atoms with Gasteiger partial charge in [-0.1, -0.05) is 12.1 Å². The first kappa shape index (κ1) is 17.7. The lowest BCUT2D eigenvalue weighted by Crippen LogP contribution is -2.13. The van der Waals surface area contributed by atoms with E-state index < -0.39 is 0 Å². The van der Waals surface area contributed by atoms with Gasteiger partial charge in [0, 0.05) is 26.9 Å². The number of aromatic nitrogens is 3. The molecule has 0 saturated heterocycles. The summed E-state index contributed by atoms with van der Waals surface area (Å²) < 4.78 is 6.98. The third-order valence-corrected chi connectivity index (χ3v) is 4.72. The second kappa shape index (κ2) is 8.30. The molecule has 6 heteroatoms. The lowest BCUT2D eigenvalue weighted by Gasteiger charge is -2.12. The van der Waals surface area contributed by atoms with Crippen LogP contribution in [0.5, 0.6) is 5.75 Å². The molecule has 0 spiro atoms. The van der Waals surface area contributed by atoms with Crippen LogP contribution in [-0.4, -0.2) is 28.1 Å². The average molecular weight is 468 g/mol. The highest BCUT2D eigenvalue weighted by atomic mass is 127. The Morgan fingerprint density at radius 1 is 0.926 bits per heavy atom. The molecule has 0 saturated carbocycles. The summed E-state index contributed by atoms with van der Waals surface area (Å²) in [4.78, 5) is 13.5. The molecule has 4 aromatic rings. The second-order valence-corrected chi connectivity index (χ2v) is 7.13. The van der Waals surface area contributed by atoms with Gasteiger partial charge in [0.1, 0.15) is 18.2 Å². The zero-order valence-electron chi connectivity index (χ0n) is 14.5. The van der Waals surface area contributed by atoms with Crippen LogP contribution in [0.3, 0.4) is 0 Å². The lowest BCUT2D eigenvalue weighted by atomic mass is 10.2. The Labute approximate surface area is 171 Å². The number of nitrogens with one attached hydrogen (secondary N) is 1. The average Bonchev–Trinajstić information content (AvgIpc) is 2.73. The Morgan fingerprint density at radius 2 is 1.78 bits per heavy atom. The fourth-order valence-corrected chi connectivity index (χ4v) is 3.06. The minimum atomic E-state index is 0.543. The number of ether oxygens (including phenoxy) is 1. The van der Waals surface area contributed by atoms with Gasteiger partial charge in [0.05, 0.1) is 12.1 Å². The van der Waals surface area contributed by atoms with E-state index in [1.54, 1.807) is 12.4 Å². The number of fused-ring (bicyclic) bond motifs is 1. The quantitative estimate of drug-likeness (QED) is 0.326. The van der Waals surface area contributed by atoms with Gasteiger partial charge in [0.15, 0.2) is 5.82 Å². The van der Waals surface area contributed by atoms with E-state index >= 15 is 0 Å². The van der Waals surface area contributed by atoms with E-state index in [-0.39, 0.29) is 0 Å². The molecular weight excluding hydrogens is 451 g/mol. The summed E-state index contributed by atoms with van der Waals surface area (Å²) in [7, 11) is 0. The number of hydrogen-bond donors (Lipinski definition) is 1. The third kappa shape index (κ3) is 4.33. The van der Waals surface area contributed by atoms with Gasteiger partial charge in [0.2, 0.25) is 0 Å². The van der Waals surface area contributed by atoms with Crippen molar-refractivity contribution in [3.63, 3.8) is 0 Å². The summed E-state index contributed by atoms with van der Waals surface area (Å²) in [6.07, 6.45) is 3.51. The summed E-state index contributed by atoms with van der Waals surface area (Å²) in [5.41, 5.74) is 1.79. The maximum Gasteiger partial charge on any atom is 0.163 e. The number of benzene rings is 2. The number of rotatable bonds is 6. The van der Waals surface area contributed by atoms with E-state index in [4.69, 9.17) is 9.72 Å². The van der Waals surface area contributed by atoms with Crippen molar-refractivity contribution in [2.75, 3.05) is 18.5 Å². The highest BCUT2D eigenvalue weighted by molar-refractivity contribution is 14.1. The van der Waals surface area contributed by atoms with Crippen LogP contribution < -0.4 is 10.1 Å². The van der Waals surface area contributed by atoms with E-state index in [1.165, 1.54) is 3.57 Å². The Hall–Kier alpha value is -2.74. The van der Waals surface area contributed by atoms with Crippen molar-refractivity contribution in [2.24, 2.45) is 0 Å². The SMILES string of the molecule is Ic1ccc(OCCNc2nc(-c3cccnc3)nc3ccccc23)cc1. The molecule has 0 aliphatic heterocycles. The van der Waals surface area contributed by atoms with Crippen molar-refractivity contribution in [3.05, 3.63) is 76.6 Å². The summed E-state index contributed by atoms with van der Waals surface area (Å²) in [5.74, 6) is 2.31. The molecular formula is C21H17IN4O. The van der Waals surface area contributed by atoms with Gasteiger partial charge in [0.25, 0.3) is 0 Å². The van der Waals surface area contributed by atoms with Gasteiger partial charge >= 0.3 is 0 Å². The molecule has 4 rings (SSSR count). The maximum atomic E-state index is 5.79. The van der Waals surface area contributed by atoms with E-state index in [0.717, 1.165) is 28.0 Å². The van der Waals surface area contributed by atoms with Crippen LogP contribution >= 0.6 is 22.6 Å². The number of para-hydroxylation sites is 1. The van der Waals surface area contributed by atoms with Gasteiger partial charge in [-0.2, -0.15) is 0 Å². The van der Waals surface area contributed by atoms with E-state index in [9.17, 15) is 0 Å². The topological polar surface area (TPSA) is 59.9 Å². The highest BCUT2D eigenvalue weighted by Crippen LogP contribution is 2.24. The fraction of sp³-hybridized carbons (Fsp3) is 0.0952. The van der Waals surface area contributed by atoms with Gasteiger partial charge in [-0.15, -0.1) is 0 Å². The zero-order valence-corrected chi connectivity index (χ0v) is 16.6. The maximum absolute atomic E-state index is 5.79. The first-order chi connectivity index (χ1) is 13.3. The third-order valence-electron chi connectivity index (χ3n) is 4.00.